The number of nitrogens with one attached hydrogen (secondary N) is 1. The molecule has 0 saturated carbocycles. The normalized spacial score (nSPS) is 13.6. The molecule has 1 aliphatic rings. The standard InChI is InChI=1S/C20H20N2O3/c1-2-12-25-18-9-4-7-16(14-18)21-20(24)15-6-3-8-17(13-15)22-11-5-10-19(22)23/h2-4,6-9,13-14H,1,5,10-12H2,(H,21,24). The molecule has 5 nitrogen and oxygen atoms in total. The number of anilines is 2. The summed E-state index contributed by atoms with van der Waals surface area (Å²) in [6, 6.07) is 14.3. The molecular formula is C20H20N2O3. The lowest BCUT2D eigenvalue weighted by atomic mass is 10.1. The van der Waals surface area contributed by atoms with E-state index in [9.17, 15) is 9.59 Å². The van der Waals surface area contributed by atoms with Crippen molar-refractivity contribution in [1.29, 1.82) is 0 Å². The van der Waals surface area contributed by atoms with Gasteiger partial charge in [-0.2, -0.15) is 0 Å². The lowest BCUT2D eigenvalue weighted by Crippen LogP contribution is -2.24. The number of ether oxygens (including phenoxy) is 1. The zero-order chi connectivity index (χ0) is 17.6. The molecular weight excluding hydrogens is 316 g/mol. The lowest BCUT2D eigenvalue weighted by Gasteiger charge is -2.16. The monoisotopic (exact) mass is 336 g/mol. The van der Waals surface area contributed by atoms with Crippen molar-refractivity contribution in [2.75, 3.05) is 23.4 Å². The summed E-state index contributed by atoms with van der Waals surface area (Å²) >= 11 is 0. The van der Waals surface area contributed by atoms with Gasteiger partial charge in [-0.25, -0.2) is 0 Å². The van der Waals surface area contributed by atoms with E-state index in [1.54, 1.807) is 41.3 Å². The SMILES string of the molecule is C=CCOc1cccc(NC(=O)c2cccc(N3CCCC3=O)c2)c1. The Morgan fingerprint density at radius 1 is 1.24 bits per heavy atom. The van der Waals surface area contributed by atoms with Crippen LogP contribution in [0.1, 0.15) is 23.2 Å². The Morgan fingerprint density at radius 3 is 2.84 bits per heavy atom. The summed E-state index contributed by atoms with van der Waals surface area (Å²) in [6.45, 7) is 4.72. The average Bonchev–Trinajstić information content (AvgIpc) is 3.06. The van der Waals surface area contributed by atoms with Crippen molar-refractivity contribution in [3.63, 3.8) is 0 Å². The molecule has 0 aliphatic carbocycles. The second-order valence-electron chi connectivity index (χ2n) is 5.78. The van der Waals surface area contributed by atoms with E-state index >= 15 is 0 Å². The van der Waals surface area contributed by atoms with Gasteiger partial charge in [-0.15, -0.1) is 0 Å². The molecule has 2 aromatic rings. The van der Waals surface area contributed by atoms with Crippen LogP contribution in [0.5, 0.6) is 5.75 Å². The number of nitrogens with zero attached hydrogens (tertiary/aromatic N) is 1. The van der Waals surface area contributed by atoms with Gasteiger partial charge >= 0.3 is 0 Å². The van der Waals surface area contributed by atoms with Crippen molar-refractivity contribution >= 4 is 23.2 Å². The van der Waals surface area contributed by atoms with E-state index in [-0.39, 0.29) is 11.8 Å². The molecule has 1 N–H and O–H groups in total. The Morgan fingerprint density at radius 2 is 2.08 bits per heavy atom. The first-order chi connectivity index (χ1) is 12.2. The smallest absolute Gasteiger partial charge is 0.255 e. The van der Waals surface area contributed by atoms with Gasteiger partial charge in [0.15, 0.2) is 0 Å². The van der Waals surface area contributed by atoms with Gasteiger partial charge in [-0.05, 0) is 36.8 Å². The molecule has 1 aliphatic heterocycles. The molecule has 25 heavy (non-hydrogen) atoms. The second kappa shape index (κ2) is 7.66. The Kier molecular flexibility index (Phi) is 5.14. The second-order valence-corrected chi connectivity index (χ2v) is 5.78. The molecule has 2 aromatic carbocycles. The van der Waals surface area contributed by atoms with Crippen LogP contribution in [-0.2, 0) is 4.79 Å². The molecule has 128 valence electrons. The highest BCUT2D eigenvalue weighted by Crippen LogP contribution is 2.23. The number of carbonyl (C=O) groups is 2. The zero-order valence-electron chi connectivity index (χ0n) is 13.9. The Balaban J connectivity index is 1.73. The van der Waals surface area contributed by atoms with E-state index in [1.165, 1.54) is 0 Å². The lowest BCUT2D eigenvalue weighted by molar-refractivity contribution is -0.117. The molecule has 2 amide bonds. The summed E-state index contributed by atoms with van der Waals surface area (Å²) in [5.41, 5.74) is 1.92. The Labute approximate surface area is 146 Å². The van der Waals surface area contributed by atoms with Crippen LogP contribution in [0, 0.1) is 0 Å². The first kappa shape index (κ1) is 16.8. The van der Waals surface area contributed by atoms with Crippen molar-refractivity contribution in [1.82, 2.24) is 0 Å². The van der Waals surface area contributed by atoms with Crippen LogP contribution in [0.15, 0.2) is 61.2 Å². The minimum Gasteiger partial charge on any atom is -0.489 e. The molecule has 1 fully saturated rings. The molecule has 3 rings (SSSR count). The minimum absolute atomic E-state index is 0.102. The number of benzene rings is 2. The largest absolute Gasteiger partial charge is 0.489 e. The van der Waals surface area contributed by atoms with Crippen LogP contribution in [-0.4, -0.2) is 25.0 Å². The first-order valence-corrected chi connectivity index (χ1v) is 8.23. The molecule has 0 unspecified atom stereocenters. The molecule has 0 spiro atoms. The van der Waals surface area contributed by atoms with Gasteiger partial charge in [0.2, 0.25) is 5.91 Å². The number of hydrogen-bond acceptors (Lipinski definition) is 3. The Bertz CT molecular complexity index is 801. The van der Waals surface area contributed by atoms with E-state index in [4.69, 9.17) is 4.74 Å². The van der Waals surface area contributed by atoms with Gasteiger partial charge in [-0.1, -0.05) is 24.8 Å². The van der Waals surface area contributed by atoms with Crippen LogP contribution >= 0.6 is 0 Å². The molecule has 1 saturated heterocycles. The topological polar surface area (TPSA) is 58.6 Å². The highest BCUT2D eigenvalue weighted by atomic mass is 16.5. The zero-order valence-corrected chi connectivity index (χ0v) is 13.9. The summed E-state index contributed by atoms with van der Waals surface area (Å²) in [7, 11) is 0. The third-order valence-corrected chi connectivity index (χ3v) is 3.95. The predicted octanol–water partition coefficient (Wildman–Crippen LogP) is 3.63. The van der Waals surface area contributed by atoms with Crippen LogP contribution in [0.2, 0.25) is 0 Å². The summed E-state index contributed by atoms with van der Waals surface area (Å²) in [5.74, 6) is 0.535. The van der Waals surface area contributed by atoms with Gasteiger partial charge in [0.25, 0.3) is 5.91 Å². The maximum atomic E-state index is 12.5. The number of carbonyl (C=O) groups excluding carboxylic acids is 2. The average molecular weight is 336 g/mol. The maximum absolute atomic E-state index is 12.5. The van der Waals surface area contributed by atoms with E-state index in [1.807, 2.05) is 18.2 Å². The summed E-state index contributed by atoms with van der Waals surface area (Å²) in [5, 5.41) is 2.86. The van der Waals surface area contributed by atoms with Crippen LogP contribution in [0.25, 0.3) is 0 Å². The van der Waals surface area contributed by atoms with Crippen molar-refractivity contribution in [3.8, 4) is 5.75 Å². The number of rotatable bonds is 6. The maximum Gasteiger partial charge on any atom is 0.255 e. The van der Waals surface area contributed by atoms with Gasteiger partial charge in [-0.3, -0.25) is 9.59 Å². The van der Waals surface area contributed by atoms with E-state index in [0.29, 0.717) is 36.6 Å². The fraction of sp³-hybridized carbons (Fsp3) is 0.200. The third kappa shape index (κ3) is 4.07. The molecule has 1 heterocycles. The van der Waals surface area contributed by atoms with Crippen LogP contribution in [0.3, 0.4) is 0 Å². The summed E-state index contributed by atoms with van der Waals surface area (Å²) in [4.78, 5) is 26.1. The molecule has 0 aromatic heterocycles. The number of hydrogen-bond donors (Lipinski definition) is 1. The highest BCUT2D eigenvalue weighted by Gasteiger charge is 2.22. The highest BCUT2D eigenvalue weighted by molar-refractivity contribution is 6.05. The van der Waals surface area contributed by atoms with Crippen molar-refractivity contribution in [2.24, 2.45) is 0 Å². The quantitative estimate of drug-likeness (QED) is 0.820. The van der Waals surface area contributed by atoms with Crippen molar-refractivity contribution < 1.29 is 14.3 Å². The molecule has 0 bridgehead atoms. The first-order valence-electron chi connectivity index (χ1n) is 8.23. The van der Waals surface area contributed by atoms with Gasteiger partial charge < -0.3 is 15.0 Å². The molecule has 0 atom stereocenters. The van der Waals surface area contributed by atoms with E-state index in [2.05, 4.69) is 11.9 Å². The minimum atomic E-state index is -0.227. The van der Waals surface area contributed by atoms with Crippen LogP contribution in [0.4, 0.5) is 11.4 Å². The Hall–Kier alpha value is -3.08. The molecule has 5 heteroatoms. The van der Waals surface area contributed by atoms with Gasteiger partial charge in [0.05, 0.1) is 0 Å². The third-order valence-electron chi connectivity index (χ3n) is 3.95. The number of amides is 2. The van der Waals surface area contributed by atoms with Gasteiger partial charge in [0, 0.05) is 36.0 Å². The van der Waals surface area contributed by atoms with Gasteiger partial charge in [0.1, 0.15) is 12.4 Å². The summed E-state index contributed by atoms with van der Waals surface area (Å²) < 4.78 is 5.47. The van der Waals surface area contributed by atoms with E-state index < -0.39 is 0 Å². The fourth-order valence-corrected chi connectivity index (χ4v) is 2.76. The predicted molar refractivity (Wildman–Crippen MR) is 98.1 cm³/mol. The van der Waals surface area contributed by atoms with E-state index in [0.717, 1.165) is 12.1 Å². The fourth-order valence-electron chi connectivity index (χ4n) is 2.76. The van der Waals surface area contributed by atoms with Crippen molar-refractivity contribution in [2.45, 2.75) is 12.8 Å². The molecule has 0 radical (unpaired) electrons. The van der Waals surface area contributed by atoms with Crippen molar-refractivity contribution in [3.05, 3.63) is 66.7 Å². The summed E-state index contributed by atoms with van der Waals surface area (Å²) in [6.07, 6.45) is 3.08. The van der Waals surface area contributed by atoms with Crippen LogP contribution < -0.4 is 15.0 Å².